The number of rotatable bonds is 5. The molecule has 2 saturated heterocycles. The number of carbonyl (C=O) groups is 2. The van der Waals surface area contributed by atoms with Gasteiger partial charge in [0.25, 0.3) is 5.91 Å². The van der Waals surface area contributed by atoms with Gasteiger partial charge in [0.2, 0.25) is 5.95 Å². The van der Waals surface area contributed by atoms with E-state index < -0.39 is 5.54 Å². The number of hydrogen-bond acceptors (Lipinski definition) is 6. The fourth-order valence-electron chi connectivity index (χ4n) is 3.86. The minimum absolute atomic E-state index is 0.181. The molecule has 0 aliphatic carbocycles. The van der Waals surface area contributed by atoms with Crippen LogP contribution in [0.1, 0.15) is 18.9 Å². The van der Waals surface area contributed by atoms with Crippen molar-refractivity contribution in [2.45, 2.75) is 18.9 Å². The van der Waals surface area contributed by atoms with Gasteiger partial charge in [-0.25, -0.2) is 19.7 Å². The molecule has 1 atom stereocenters. The topological polar surface area (TPSA) is 81.7 Å². The van der Waals surface area contributed by atoms with Crippen molar-refractivity contribution in [2.24, 2.45) is 0 Å². The SMILES string of the molecule is CC[C@]1(c2ccccc2)NC(=O)N(CN2CCN(c3ncccn3)CC2)C1=O. The Kier molecular flexibility index (Phi) is 4.95. The zero-order valence-electron chi connectivity index (χ0n) is 15.9. The summed E-state index contributed by atoms with van der Waals surface area (Å²) in [5.74, 6) is 0.534. The maximum absolute atomic E-state index is 13.2. The maximum Gasteiger partial charge on any atom is 0.326 e. The van der Waals surface area contributed by atoms with Crippen LogP contribution in [0.3, 0.4) is 0 Å². The van der Waals surface area contributed by atoms with Crippen LogP contribution in [0.2, 0.25) is 0 Å². The first-order chi connectivity index (χ1) is 13.6. The second-order valence-corrected chi connectivity index (χ2v) is 7.08. The number of anilines is 1. The Balaban J connectivity index is 1.43. The maximum atomic E-state index is 13.2. The van der Waals surface area contributed by atoms with Gasteiger partial charge in [-0.05, 0) is 18.1 Å². The molecule has 1 N–H and O–H groups in total. The molecule has 0 saturated carbocycles. The van der Waals surface area contributed by atoms with E-state index in [1.54, 1.807) is 18.5 Å². The molecule has 2 aromatic rings. The fraction of sp³-hybridized carbons (Fsp3) is 0.400. The van der Waals surface area contributed by atoms with Crippen LogP contribution >= 0.6 is 0 Å². The van der Waals surface area contributed by atoms with Gasteiger partial charge in [-0.15, -0.1) is 0 Å². The molecule has 1 aromatic carbocycles. The van der Waals surface area contributed by atoms with Crippen molar-refractivity contribution in [3.8, 4) is 0 Å². The van der Waals surface area contributed by atoms with Gasteiger partial charge < -0.3 is 10.2 Å². The lowest BCUT2D eigenvalue weighted by atomic mass is 9.87. The highest BCUT2D eigenvalue weighted by molar-refractivity contribution is 6.07. The Morgan fingerprint density at radius 1 is 1.00 bits per heavy atom. The standard InChI is InChI=1S/C20H24N6O2/c1-2-20(16-7-4-3-5-8-16)17(27)26(19(28)23-20)15-24-11-13-25(14-12-24)18-21-9-6-10-22-18/h3-10H,2,11-15H2,1H3,(H,23,28)/t20-/m1/s1. The second kappa shape index (κ2) is 7.55. The molecule has 146 valence electrons. The predicted octanol–water partition coefficient (Wildman–Crippen LogP) is 1.41. The molecule has 0 unspecified atom stereocenters. The predicted molar refractivity (Wildman–Crippen MR) is 104 cm³/mol. The zero-order chi connectivity index (χ0) is 19.6. The van der Waals surface area contributed by atoms with E-state index in [4.69, 9.17) is 0 Å². The molecule has 2 aliphatic rings. The van der Waals surface area contributed by atoms with Crippen molar-refractivity contribution >= 4 is 17.9 Å². The van der Waals surface area contributed by atoms with Crippen LogP contribution in [0.25, 0.3) is 0 Å². The Labute approximate surface area is 164 Å². The summed E-state index contributed by atoms with van der Waals surface area (Å²) in [6, 6.07) is 10.9. The molecule has 2 fully saturated rings. The van der Waals surface area contributed by atoms with Crippen LogP contribution in [-0.4, -0.2) is 64.6 Å². The molecule has 0 spiro atoms. The molecule has 3 amide bonds. The lowest BCUT2D eigenvalue weighted by Gasteiger charge is -2.36. The fourth-order valence-corrected chi connectivity index (χ4v) is 3.86. The first-order valence-corrected chi connectivity index (χ1v) is 9.58. The summed E-state index contributed by atoms with van der Waals surface area (Å²) in [7, 11) is 0. The zero-order valence-corrected chi connectivity index (χ0v) is 15.9. The van der Waals surface area contributed by atoms with E-state index in [1.165, 1.54) is 4.90 Å². The molecular weight excluding hydrogens is 356 g/mol. The number of hydrogen-bond donors (Lipinski definition) is 1. The molecule has 8 nitrogen and oxygen atoms in total. The third kappa shape index (κ3) is 3.20. The number of nitrogens with one attached hydrogen (secondary N) is 1. The number of aromatic nitrogens is 2. The third-order valence-corrected chi connectivity index (χ3v) is 5.52. The van der Waals surface area contributed by atoms with E-state index in [0.29, 0.717) is 19.0 Å². The van der Waals surface area contributed by atoms with Crippen LogP contribution < -0.4 is 10.2 Å². The van der Waals surface area contributed by atoms with Crippen molar-refractivity contribution in [1.29, 1.82) is 0 Å². The number of amides is 3. The highest BCUT2D eigenvalue weighted by Crippen LogP contribution is 2.32. The molecule has 28 heavy (non-hydrogen) atoms. The summed E-state index contributed by atoms with van der Waals surface area (Å²) in [6.07, 6.45) is 3.98. The molecule has 4 rings (SSSR count). The van der Waals surface area contributed by atoms with Crippen LogP contribution in [0.15, 0.2) is 48.8 Å². The molecule has 3 heterocycles. The van der Waals surface area contributed by atoms with Gasteiger partial charge in [-0.3, -0.25) is 9.69 Å². The Bertz CT molecular complexity index is 838. The van der Waals surface area contributed by atoms with E-state index >= 15 is 0 Å². The average Bonchev–Trinajstić information content (AvgIpc) is 3.00. The number of benzene rings is 1. The molecule has 2 aliphatic heterocycles. The van der Waals surface area contributed by atoms with Crippen molar-refractivity contribution < 1.29 is 9.59 Å². The monoisotopic (exact) mass is 380 g/mol. The highest BCUT2D eigenvalue weighted by Gasteiger charge is 2.51. The summed E-state index contributed by atoms with van der Waals surface area (Å²) < 4.78 is 0. The van der Waals surface area contributed by atoms with Crippen molar-refractivity contribution in [3.05, 3.63) is 54.4 Å². The molecule has 0 bridgehead atoms. The normalized spacial score (nSPS) is 23.2. The minimum Gasteiger partial charge on any atom is -0.338 e. The van der Waals surface area contributed by atoms with Crippen LogP contribution in [0, 0.1) is 0 Å². The lowest BCUT2D eigenvalue weighted by Crippen LogP contribution is -2.52. The Morgan fingerprint density at radius 2 is 1.68 bits per heavy atom. The van der Waals surface area contributed by atoms with E-state index in [0.717, 1.165) is 31.7 Å². The largest absolute Gasteiger partial charge is 0.338 e. The van der Waals surface area contributed by atoms with Gasteiger partial charge in [0.05, 0.1) is 6.67 Å². The van der Waals surface area contributed by atoms with Crippen LogP contribution in [0.4, 0.5) is 10.7 Å². The molecule has 0 radical (unpaired) electrons. The van der Waals surface area contributed by atoms with Crippen molar-refractivity contribution in [1.82, 2.24) is 25.1 Å². The van der Waals surface area contributed by atoms with Crippen molar-refractivity contribution in [2.75, 3.05) is 37.7 Å². The Hall–Kier alpha value is -3.00. The minimum atomic E-state index is -0.974. The van der Waals surface area contributed by atoms with Gasteiger partial charge in [0.1, 0.15) is 5.54 Å². The Morgan fingerprint density at radius 3 is 2.32 bits per heavy atom. The van der Waals surface area contributed by atoms with E-state index in [2.05, 4.69) is 25.1 Å². The summed E-state index contributed by atoms with van der Waals surface area (Å²) >= 11 is 0. The first-order valence-electron chi connectivity index (χ1n) is 9.58. The van der Waals surface area contributed by atoms with Gasteiger partial charge >= 0.3 is 6.03 Å². The number of nitrogens with zero attached hydrogens (tertiary/aromatic N) is 5. The smallest absolute Gasteiger partial charge is 0.326 e. The summed E-state index contributed by atoms with van der Waals surface area (Å²) in [5, 5.41) is 2.94. The second-order valence-electron chi connectivity index (χ2n) is 7.08. The molecular formula is C20H24N6O2. The average molecular weight is 380 g/mol. The van der Waals surface area contributed by atoms with Crippen LogP contribution in [-0.2, 0) is 10.3 Å². The number of carbonyl (C=O) groups excluding carboxylic acids is 2. The highest BCUT2D eigenvalue weighted by atomic mass is 16.2. The van der Waals surface area contributed by atoms with E-state index in [-0.39, 0.29) is 11.9 Å². The number of urea groups is 1. The molecule has 1 aromatic heterocycles. The first kappa shape index (κ1) is 18.4. The van der Waals surface area contributed by atoms with Gasteiger partial charge in [-0.2, -0.15) is 0 Å². The number of piperazine rings is 1. The van der Waals surface area contributed by atoms with Gasteiger partial charge in [0.15, 0.2) is 0 Å². The van der Waals surface area contributed by atoms with Gasteiger partial charge in [-0.1, -0.05) is 37.3 Å². The van der Waals surface area contributed by atoms with Crippen molar-refractivity contribution in [3.63, 3.8) is 0 Å². The summed E-state index contributed by atoms with van der Waals surface area (Å²) in [6.45, 7) is 5.20. The van der Waals surface area contributed by atoms with E-state index in [1.807, 2.05) is 37.3 Å². The third-order valence-electron chi connectivity index (χ3n) is 5.52. The number of imide groups is 1. The quantitative estimate of drug-likeness (QED) is 0.790. The van der Waals surface area contributed by atoms with E-state index in [9.17, 15) is 9.59 Å². The summed E-state index contributed by atoms with van der Waals surface area (Å²) in [5.41, 5.74) is -0.151. The molecule has 8 heteroatoms. The van der Waals surface area contributed by atoms with Gasteiger partial charge in [0, 0.05) is 38.6 Å². The summed E-state index contributed by atoms with van der Waals surface area (Å²) in [4.78, 5) is 40.0. The van der Waals surface area contributed by atoms with Crippen LogP contribution in [0.5, 0.6) is 0 Å². The lowest BCUT2D eigenvalue weighted by molar-refractivity contribution is -0.133.